The Balaban J connectivity index is 0.00000161. The molecule has 6 nitrogen and oxygen atoms in total. The molecule has 0 bridgehead atoms. The lowest BCUT2D eigenvalue weighted by atomic mass is 9.90. The topological polar surface area (TPSA) is 67.2 Å². The van der Waals surface area contributed by atoms with Crippen LogP contribution in [0.5, 0.6) is 0 Å². The lowest BCUT2D eigenvalue weighted by molar-refractivity contribution is 0.227. The van der Waals surface area contributed by atoms with Gasteiger partial charge in [0.05, 0.1) is 11.4 Å². The molecule has 0 amide bonds. The molecule has 3 heterocycles. The van der Waals surface area contributed by atoms with Crippen LogP contribution < -0.4 is 5.32 Å². The van der Waals surface area contributed by atoms with Crippen molar-refractivity contribution in [3.05, 3.63) is 11.4 Å². The Morgan fingerprint density at radius 2 is 1.90 bits per heavy atom. The van der Waals surface area contributed by atoms with Crippen molar-refractivity contribution in [3.63, 3.8) is 0 Å². The standard InChI is InChI=1S/C13H22N4O2S.ClH/c1-9-13(10(2)16(3)15-9)20(18,19)17-5-4-11-6-14-7-12(11)8-17;/h11-12,14H,4-8H2,1-3H3;1H. The largest absolute Gasteiger partial charge is 0.316 e. The fourth-order valence-corrected chi connectivity index (χ4v) is 5.39. The van der Waals surface area contributed by atoms with E-state index in [4.69, 9.17) is 0 Å². The van der Waals surface area contributed by atoms with Crippen LogP contribution >= 0.6 is 12.4 Å². The van der Waals surface area contributed by atoms with Gasteiger partial charge in [-0.15, -0.1) is 12.4 Å². The summed E-state index contributed by atoms with van der Waals surface area (Å²) < 4.78 is 29.1. The molecular formula is C13H23ClN4O2S. The maximum Gasteiger partial charge on any atom is 0.246 e. The van der Waals surface area contributed by atoms with Gasteiger partial charge >= 0.3 is 0 Å². The van der Waals surface area contributed by atoms with Gasteiger partial charge in [-0.2, -0.15) is 9.40 Å². The predicted octanol–water partition coefficient (Wildman–Crippen LogP) is 0.689. The Labute approximate surface area is 132 Å². The first-order valence-corrected chi connectivity index (χ1v) is 8.56. The summed E-state index contributed by atoms with van der Waals surface area (Å²) in [6.45, 7) is 6.80. The van der Waals surface area contributed by atoms with Crippen LogP contribution in [0.4, 0.5) is 0 Å². The summed E-state index contributed by atoms with van der Waals surface area (Å²) in [5.74, 6) is 1.09. The van der Waals surface area contributed by atoms with Crippen LogP contribution in [0.2, 0.25) is 0 Å². The first-order chi connectivity index (χ1) is 9.41. The predicted molar refractivity (Wildman–Crippen MR) is 83.2 cm³/mol. The minimum absolute atomic E-state index is 0. The lowest BCUT2D eigenvalue weighted by Gasteiger charge is -2.33. The van der Waals surface area contributed by atoms with Gasteiger partial charge in [0.25, 0.3) is 0 Å². The van der Waals surface area contributed by atoms with Gasteiger partial charge in [-0.3, -0.25) is 4.68 Å². The molecule has 120 valence electrons. The van der Waals surface area contributed by atoms with Crippen LogP contribution in [0.15, 0.2) is 4.90 Å². The van der Waals surface area contributed by atoms with Gasteiger partial charge in [0.15, 0.2) is 0 Å². The number of nitrogens with one attached hydrogen (secondary N) is 1. The lowest BCUT2D eigenvalue weighted by Crippen LogP contribution is -2.43. The highest BCUT2D eigenvalue weighted by atomic mass is 35.5. The molecule has 2 fully saturated rings. The third kappa shape index (κ3) is 2.72. The molecule has 1 aromatic rings. The van der Waals surface area contributed by atoms with E-state index in [-0.39, 0.29) is 12.4 Å². The molecule has 1 N–H and O–H groups in total. The second kappa shape index (κ2) is 5.87. The first-order valence-electron chi connectivity index (χ1n) is 7.12. The fraction of sp³-hybridized carbons (Fsp3) is 0.769. The normalized spacial score (nSPS) is 26.4. The summed E-state index contributed by atoms with van der Waals surface area (Å²) in [6, 6.07) is 0. The van der Waals surface area contributed by atoms with Crippen molar-refractivity contribution in [3.8, 4) is 0 Å². The highest BCUT2D eigenvalue weighted by molar-refractivity contribution is 7.89. The van der Waals surface area contributed by atoms with Crippen LogP contribution in [-0.2, 0) is 17.1 Å². The molecule has 8 heteroatoms. The van der Waals surface area contributed by atoms with Crippen LogP contribution in [0.3, 0.4) is 0 Å². The maximum absolute atomic E-state index is 12.9. The number of aryl methyl sites for hydroxylation is 2. The maximum atomic E-state index is 12.9. The van der Waals surface area contributed by atoms with Crippen molar-refractivity contribution in [1.29, 1.82) is 0 Å². The number of piperidine rings is 1. The van der Waals surface area contributed by atoms with E-state index in [1.54, 1.807) is 23.0 Å². The Morgan fingerprint density at radius 1 is 1.24 bits per heavy atom. The monoisotopic (exact) mass is 334 g/mol. The molecule has 0 aliphatic carbocycles. The number of sulfonamides is 1. The van der Waals surface area contributed by atoms with Gasteiger partial charge in [-0.05, 0) is 45.2 Å². The Bertz CT molecular complexity index is 628. The number of rotatable bonds is 2. The molecule has 0 saturated carbocycles. The summed E-state index contributed by atoms with van der Waals surface area (Å²) in [4.78, 5) is 0.393. The summed E-state index contributed by atoms with van der Waals surface area (Å²) in [7, 11) is -1.63. The van der Waals surface area contributed by atoms with Crippen LogP contribution in [-0.4, -0.2) is 48.7 Å². The number of hydrogen-bond acceptors (Lipinski definition) is 4. The van der Waals surface area contributed by atoms with Crippen molar-refractivity contribution in [2.24, 2.45) is 18.9 Å². The number of halogens is 1. The third-order valence-corrected chi connectivity index (χ3v) is 6.83. The Morgan fingerprint density at radius 3 is 2.52 bits per heavy atom. The molecule has 3 rings (SSSR count). The van der Waals surface area contributed by atoms with Gasteiger partial charge in [-0.25, -0.2) is 8.42 Å². The van der Waals surface area contributed by atoms with Gasteiger partial charge in [0.2, 0.25) is 10.0 Å². The molecule has 2 aliphatic rings. The van der Waals surface area contributed by atoms with Crippen LogP contribution in [0.1, 0.15) is 17.8 Å². The number of nitrogens with zero attached hydrogens (tertiary/aromatic N) is 3. The second-order valence-corrected chi connectivity index (χ2v) is 7.83. The van der Waals surface area contributed by atoms with Crippen molar-refractivity contribution in [2.45, 2.75) is 25.2 Å². The zero-order chi connectivity index (χ0) is 14.5. The minimum Gasteiger partial charge on any atom is -0.316 e. The molecule has 21 heavy (non-hydrogen) atoms. The van der Waals surface area contributed by atoms with Gasteiger partial charge in [-0.1, -0.05) is 0 Å². The highest BCUT2D eigenvalue weighted by Crippen LogP contribution is 2.31. The van der Waals surface area contributed by atoms with Crippen LogP contribution in [0, 0.1) is 25.7 Å². The highest BCUT2D eigenvalue weighted by Gasteiger charge is 2.39. The average Bonchev–Trinajstić information content (AvgIpc) is 2.94. The van der Waals surface area contributed by atoms with Gasteiger partial charge in [0, 0.05) is 20.1 Å². The number of fused-ring (bicyclic) bond motifs is 1. The molecule has 2 atom stereocenters. The van der Waals surface area contributed by atoms with E-state index in [2.05, 4.69) is 10.4 Å². The van der Waals surface area contributed by atoms with E-state index in [0.717, 1.165) is 19.5 Å². The van der Waals surface area contributed by atoms with E-state index in [1.165, 1.54) is 0 Å². The molecule has 2 saturated heterocycles. The van der Waals surface area contributed by atoms with Crippen molar-refractivity contribution in [2.75, 3.05) is 26.2 Å². The van der Waals surface area contributed by atoms with E-state index in [9.17, 15) is 8.42 Å². The second-order valence-electron chi connectivity index (χ2n) is 5.95. The molecule has 0 radical (unpaired) electrons. The molecule has 0 spiro atoms. The zero-order valence-corrected chi connectivity index (χ0v) is 14.3. The summed E-state index contributed by atoms with van der Waals surface area (Å²) in [5, 5.41) is 7.60. The number of aromatic nitrogens is 2. The smallest absolute Gasteiger partial charge is 0.246 e. The molecular weight excluding hydrogens is 312 g/mol. The Hall–Kier alpha value is -0.630. The van der Waals surface area contributed by atoms with Crippen molar-refractivity contribution < 1.29 is 8.42 Å². The SMILES string of the molecule is Cc1nn(C)c(C)c1S(=O)(=O)N1CCC2CNCC2C1.Cl. The fourth-order valence-electron chi connectivity index (χ4n) is 3.48. The van der Waals surface area contributed by atoms with Gasteiger partial charge in [0.1, 0.15) is 4.90 Å². The van der Waals surface area contributed by atoms with Crippen molar-refractivity contribution >= 4 is 22.4 Å². The summed E-state index contributed by atoms with van der Waals surface area (Å²) >= 11 is 0. The summed E-state index contributed by atoms with van der Waals surface area (Å²) in [5.41, 5.74) is 1.31. The Kier molecular flexibility index (Phi) is 4.68. The third-order valence-electron chi connectivity index (χ3n) is 4.71. The van der Waals surface area contributed by atoms with Gasteiger partial charge < -0.3 is 5.32 Å². The molecule has 1 aromatic heterocycles. The molecule has 0 aromatic carbocycles. The molecule has 2 unspecified atom stereocenters. The van der Waals surface area contributed by atoms with Crippen LogP contribution in [0.25, 0.3) is 0 Å². The van der Waals surface area contributed by atoms with E-state index in [1.807, 2.05) is 6.92 Å². The molecule has 2 aliphatic heterocycles. The number of hydrogen-bond donors (Lipinski definition) is 1. The zero-order valence-electron chi connectivity index (χ0n) is 12.7. The quantitative estimate of drug-likeness (QED) is 0.864. The first kappa shape index (κ1) is 16.7. The van der Waals surface area contributed by atoms with Crippen molar-refractivity contribution in [1.82, 2.24) is 19.4 Å². The summed E-state index contributed by atoms with van der Waals surface area (Å²) in [6.07, 6.45) is 0.954. The van der Waals surface area contributed by atoms with E-state index < -0.39 is 10.0 Å². The van der Waals surface area contributed by atoms with E-state index in [0.29, 0.717) is 41.2 Å². The minimum atomic E-state index is -3.42. The average molecular weight is 335 g/mol. The van der Waals surface area contributed by atoms with E-state index >= 15 is 0 Å².